The first-order chi connectivity index (χ1) is 18.1. The number of imidazole rings is 1. The van der Waals surface area contributed by atoms with E-state index in [2.05, 4.69) is 34.6 Å². The number of carbonyl (C=O) groups excluding carboxylic acids is 2. The molecule has 1 saturated carbocycles. The van der Waals surface area contributed by atoms with Gasteiger partial charge in [-0.05, 0) is 60.1 Å². The van der Waals surface area contributed by atoms with Gasteiger partial charge >= 0.3 is 6.09 Å². The van der Waals surface area contributed by atoms with E-state index in [4.69, 9.17) is 9.72 Å². The number of hydrogen-bond acceptors (Lipinski definition) is 4. The molecule has 1 atom stereocenters. The molecule has 0 bridgehead atoms. The normalized spacial score (nSPS) is 17.2. The Labute approximate surface area is 215 Å². The Morgan fingerprint density at radius 2 is 1.73 bits per heavy atom. The predicted octanol–water partition coefficient (Wildman–Crippen LogP) is 5.52. The summed E-state index contributed by atoms with van der Waals surface area (Å²) in [6, 6.07) is 24.3. The highest BCUT2D eigenvalue weighted by molar-refractivity contribution is 5.83. The van der Waals surface area contributed by atoms with Crippen LogP contribution in [0.3, 0.4) is 0 Å². The number of amides is 2. The Balaban J connectivity index is 1.14. The molecule has 2 heterocycles. The second kappa shape index (κ2) is 10.1. The average Bonchev–Trinajstić information content (AvgIpc) is 3.42. The Morgan fingerprint density at radius 3 is 2.51 bits per heavy atom. The summed E-state index contributed by atoms with van der Waals surface area (Å²) in [5, 5.41) is 3.04. The van der Waals surface area contributed by atoms with Gasteiger partial charge in [0.25, 0.3) is 0 Å². The first-order valence-electron chi connectivity index (χ1n) is 13.0. The summed E-state index contributed by atoms with van der Waals surface area (Å²) in [7, 11) is 0. The minimum atomic E-state index is -0.307. The van der Waals surface area contributed by atoms with Crippen LogP contribution in [-0.4, -0.2) is 39.5 Å². The van der Waals surface area contributed by atoms with Crippen molar-refractivity contribution in [3.63, 3.8) is 0 Å². The van der Waals surface area contributed by atoms with Crippen molar-refractivity contribution in [2.45, 2.75) is 50.8 Å². The van der Waals surface area contributed by atoms with E-state index in [1.54, 1.807) is 4.90 Å². The van der Waals surface area contributed by atoms with Gasteiger partial charge in [0.15, 0.2) is 0 Å². The summed E-state index contributed by atoms with van der Waals surface area (Å²) in [6.45, 7) is 0.919. The van der Waals surface area contributed by atoms with Gasteiger partial charge in [-0.15, -0.1) is 0 Å². The van der Waals surface area contributed by atoms with E-state index in [0.717, 1.165) is 64.8 Å². The number of aromatic nitrogens is 2. The van der Waals surface area contributed by atoms with E-state index in [0.29, 0.717) is 19.0 Å². The van der Waals surface area contributed by atoms with Crippen LogP contribution in [0, 0.1) is 0 Å². The van der Waals surface area contributed by atoms with E-state index in [9.17, 15) is 9.59 Å². The first kappa shape index (κ1) is 23.3. The zero-order valence-corrected chi connectivity index (χ0v) is 20.7. The van der Waals surface area contributed by atoms with Crippen LogP contribution in [0.4, 0.5) is 4.79 Å². The van der Waals surface area contributed by atoms with Gasteiger partial charge in [-0.25, -0.2) is 9.78 Å². The summed E-state index contributed by atoms with van der Waals surface area (Å²) in [5.41, 5.74) is 5.94. The van der Waals surface area contributed by atoms with Crippen molar-refractivity contribution in [3.05, 3.63) is 89.7 Å². The molecule has 0 spiro atoms. The minimum absolute atomic E-state index is 0.0894. The fourth-order valence-electron chi connectivity index (χ4n) is 4.95. The maximum absolute atomic E-state index is 12.8. The predicted molar refractivity (Wildman–Crippen MR) is 142 cm³/mol. The van der Waals surface area contributed by atoms with Crippen molar-refractivity contribution in [1.29, 1.82) is 0 Å². The number of carbonyl (C=O) groups is 2. The lowest BCUT2D eigenvalue weighted by atomic mass is 10.0. The first-order valence-corrected chi connectivity index (χ1v) is 13.0. The van der Waals surface area contributed by atoms with Crippen LogP contribution in [0.2, 0.25) is 0 Å². The van der Waals surface area contributed by atoms with Crippen molar-refractivity contribution in [1.82, 2.24) is 20.2 Å². The number of hydrogen-bond donors (Lipinski definition) is 2. The van der Waals surface area contributed by atoms with Crippen molar-refractivity contribution >= 4 is 23.0 Å². The zero-order chi connectivity index (χ0) is 25.2. The van der Waals surface area contributed by atoms with Crippen LogP contribution in [0.25, 0.3) is 22.2 Å². The Hall–Kier alpha value is -4.13. The Bertz CT molecular complexity index is 1410. The highest BCUT2D eigenvalue weighted by Gasteiger charge is 2.33. The molecule has 1 aromatic heterocycles. The molecular weight excluding hydrogens is 464 g/mol. The summed E-state index contributed by atoms with van der Waals surface area (Å²) >= 11 is 0. The van der Waals surface area contributed by atoms with Gasteiger partial charge in [-0.3, -0.25) is 9.69 Å². The third-order valence-electron chi connectivity index (χ3n) is 7.10. The molecule has 37 heavy (non-hydrogen) atoms. The molecule has 2 fully saturated rings. The van der Waals surface area contributed by atoms with Gasteiger partial charge in [-0.2, -0.15) is 0 Å². The molecule has 2 amide bonds. The van der Waals surface area contributed by atoms with Crippen LogP contribution in [0.1, 0.15) is 48.7 Å². The lowest BCUT2D eigenvalue weighted by molar-refractivity contribution is -0.120. The molecular formula is C30H30N4O3. The van der Waals surface area contributed by atoms with Gasteiger partial charge in [0, 0.05) is 12.6 Å². The van der Waals surface area contributed by atoms with E-state index in [-0.39, 0.29) is 24.6 Å². The molecule has 2 N–H and O–H groups in total. The maximum Gasteiger partial charge on any atom is 0.410 e. The summed E-state index contributed by atoms with van der Waals surface area (Å²) in [5.74, 6) is 0.880. The Morgan fingerprint density at radius 1 is 0.946 bits per heavy atom. The minimum Gasteiger partial charge on any atom is -0.445 e. The fourth-order valence-corrected chi connectivity index (χ4v) is 4.95. The van der Waals surface area contributed by atoms with E-state index < -0.39 is 0 Å². The number of fused-ring (bicyclic) bond motifs is 1. The quantitative estimate of drug-likeness (QED) is 0.354. The third-order valence-corrected chi connectivity index (χ3v) is 7.10. The molecule has 0 radical (unpaired) electrons. The fraction of sp³-hybridized carbons (Fsp3) is 0.300. The Kier molecular flexibility index (Phi) is 6.35. The molecule has 1 aliphatic carbocycles. The number of likely N-dealkylation sites (tertiary alicyclic amines) is 1. The molecule has 7 nitrogen and oxygen atoms in total. The molecule has 1 aliphatic heterocycles. The summed E-state index contributed by atoms with van der Waals surface area (Å²) < 4.78 is 5.59. The molecule has 2 aliphatic rings. The number of ether oxygens (including phenoxy) is 1. The van der Waals surface area contributed by atoms with E-state index in [1.807, 2.05) is 48.5 Å². The van der Waals surface area contributed by atoms with Crippen molar-refractivity contribution in [2.75, 3.05) is 6.54 Å². The monoisotopic (exact) mass is 494 g/mol. The third kappa shape index (κ3) is 5.35. The SMILES string of the molecule is O=C(Cc1ccc(-c2ccc3nc([C@@H]4CCCN4C(=O)OCc4ccccc4)[nH]c3c2)cc1)NC1CC1. The second-order valence-electron chi connectivity index (χ2n) is 9.96. The van der Waals surface area contributed by atoms with Crippen LogP contribution in [0.5, 0.6) is 0 Å². The summed E-state index contributed by atoms with van der Waals surface area (Å²) in [6.07, 6.45) is 4.06. The largest absolute Gasteiger partial charge is 0.445 e. The van der Waals surface area contributed by atoms with Crippen LogP contribution in [0.15, 0.2) is 72.8 Å². The molecule has 0 unspecified atom stereocenters. The van der Waals surface area contributed by atoms with E-state index in [1.165, 1.54) is 0 Å². The number of nitrogens with zero attached hydrogens (tertiary/aromatic N) is 2. The number of aromatic amines is 1. The van der Waals surface area contributed by atoms with Crippen molar-refractivity contribution < 1.29 is 14.3 Å². The zero-order valence-electron chi connectivity index (χ0n) is 20.7. The topological polar surface area (TPSA) is 87.3 Å². The molecule has 1 saturated heterocycles. The highest BCUT2D eigenvalue weighted by atomic mass is 16.6. The summed E-state index contributed by atoms with van der Waals surface area (Å²) in [4.78, 5) is 35.0. The number of H-pyrrole nitrogens is 1. The standard InChI is InChI=1S/C30H30N4O3/c35-28(31-24-13-14-24)17-20-8-10-22(11-9-20)23-12-15-25-26(18-23)33-29(32-25)27-7-4-16-34(27)30(36)37-19-21-5-2-1-3-6-21/h1-3,5-6,8-12,15,18,24,27H,4,7,13-14,16-17,19H2,(H,31,35)(H,32,33)/t27-/m0/s1. The molecule has 6 rings (SSSR count). The van der Waals surface area contributed by atoms with Crippen LogP contribution >= 0.6 is 0 Å². The lowest BCUT2D eigenvalue weighted by Gasteiger charge is -2.22. The van der Waals surface area contributed by atoms with Crippen molar-refractivity contribution in [3.8, 4) is 11.1 Å². The van der Waals surface area contributed by atoms with Gasteiger partial charge < -0.3 is 15.0 Å². The van der Waals surface area contributed by atoms with Gasteiger partial charge in [-0.1, -0.05) is 60.7 Å². The molecule has 188 valence electrons. The molecule has 4 aromatic rings. The molecule has 7 heteroatoms. The smallest absolute Gasteiger partial charge is 0.410 e. The van der Waals surface area contributed by atoms with E-state index >= 15 is 0 Å². The number of nitrogens with one attached hydrogen (secondary N) is 2. The van der Waals surface area contributed by atoms with Gasteiger partial charge in [0.05, 0.1) is 23.5 Å². The van der Waals surface area contributed by atoms with Crippen LogP contribution < -0.4 is 5.32 Å². The van der Waals surface area contributed by atoms with Gasteiger partial charge in [0.2, 0.25) is 5.91 Å². The second-order valence-corrected chi connectivity index (χ2v) is 9.96. The van der Waals surface area contributed by atoms with Crippen molar-refractivity contribution in [2.24, 2.45) is 0 Å². The highest BCUT2D eigenvalue weighted by Crippen LogP contribution is 2.33. The van der Waals surface area contributed by atoms with Gasteiger partial charge in [0.1, 0.15) is 12.4 Å². The van der Waals surface area contributed by atoms with Crippen LogP contribution in [-0.2, 0) is 22.6 Å². The molecule has 3 aromatic carbocycles. The number of rotatable bonds is 7. The average molecular weight is 495 g/mol. The maximum atomic E-state index is 12.8. The number of benzene rings is 3. The lowest BCUT2D eigenvalue weighted by Crippen LogP contribution is -2.31.